The molecule has 1 atom stereocenters. The maximum Gasteiger partial charge on any atom is 0.229 e. The minimum absolute atomic E-state index is 0.000381. The van der Waals surface area contributed by atoms with Crippen LogP contribution in [-0.4, -0.2) is 18.4 Å². The lowest BCUT2D eigenvalue weighted by molar-refractivity contribution is -0.122. The molecule has 1 aliphatic rings. The summed E-state index contributed by atoms with van der Waals surface area (Å²) >= 11 is 9.42. The van der Waals surface area contributed by atoms with E-state index in [-0.39, 0.29) is 24.2 Å². The van der Waals surface area contributed by atoms with Crippen LogP contribution in [0.15, 0.2) is 40.9 Å². The zero-order valence-electron chi connectivity index (χ0n) is 15.4. The fourth-order valence-corrected chi connectivity index (χ4v) is 3.91. The molecule has 4 nitrogen and oxygen atoms in total. The molecule has 0 aliphatic carbocycles. The molecule has 0 bridgehead atoms. The van der Waals surface area contributed by atoms with Crippen molar-refractivity contribution in [3.63, 3.8) is 0 Å². The van der Waals surface area contributed by atoms with E-state index in [1.165, 1.54) is 0 Å². The Morgan fingerprint density at radius 1 is 1.22 bits per heavy atom. The number of nitrogens with one attached hydrogen (secondary N) is 1. The first kappa shape index (κ1) is 19.9. The highest BCUT2D eigenvalue weighted by Crippen LogP contribution is 2.33. The maximum absolute atomic E-state index is 12.7. The van der Waals surface area contributed by atoms with Crippen LogP contribution in [-0.2, 0) is 22.4 Å². The Morgan fingerprint density at radius 2 is 1.89 bits per heavy atom. The summed E-state index contributed by atoms with van der Waals surface area (Å²) in [5.74, 6) is -0.537. The van der Waals surface area contributed by atoms with Crippen molar-refractivity contribution in [1.82, 2.24) is 0 Å². The lowest BCUT2D eigenvalue weighted by Crippen LogP contribution is -2.29. The summed E-state index contributed by atoms with van der Waals surface area (Å²) < 4.78 is 0.771. The van der Waals surface area contributed by atoms with E-state index in [1.54, 1.807) is 23.1 Å². The summed E-state index contributed by atoms with van der Waals surface area (Å²) in [5.41, 5.74) is 3.89. The molecule has 1 saturated heterocycles. The third-order valence-corrected chi connectivity index (χ3v) is 6.15. The third-order valence-electron chi connectivity index (χ3n) is 4.92. The van der Waals surface area contributed by atoms with Gasteiger partial charge in [0.25, 0.3) is 0 Å². The number of benzene rings is 2. The van der Waals surface area contributed by atoms with Gasteiger partial charge in [0, 0.05) is 28.8 Å². The van der Waals surface area contributed by atoms with E-state index in [1.807, 2.05) is 6.07 Å². The molecule has 2 aromatic rings. The molecule has 0 saturated carbocycles. The van der Waals surface area contributed by atoms with E-state index in [0.717, 1.165) is 34.1 Å². The minimum Gasteiger partial charge on any atom is -0.326 e. The van der Waals surface area contributed by atoms with E-state index in [4.69, 9.17) is 11.6 Å². The fourth-order valence-electron chi connectivity index (χ4n) is 3.48. The molecule has 1 aliphatic heterocycles. The minimum atomic E-state index is -0.380. The lowest BCUT2D eigenvalue weighted by atomic mass is 10.0. The van der Waals surface area contributed by atoms with Crippen LogP contribution >= 0.6 is 27.5 Å². The average Bonchev–Trinajstić information content (AvgIpc) is 3.05. The van der Waals surface area contributed by atoms with Gasteiger partial charge in [0.1, 0.15) is 0 Å². The summed E-state index contributed by atoms with van der Waals surface area (Å²) in [7, 11) is 0. The number of halogens is 2. The van der Waals surface area contributed by atoms with Crippen molar-refractivity contribution in [2.75, 3.05) is 16.8 Å². The molecule has 142 valence electrons. The second-order valence-electron chi connectivity index (χ2n) is 6.66. The molecule has 6 heteroatoms. The largest absolute Gasteiger partial charge is 0.326 e. The number of para-hydroxylation sites is 1. The van der Waals surface area contributed by atoms with Crippen molar-refractivity contribution >= 4 is 50.7 Å². The van der Waals surface area contributed by atoms with Crippen LogP contribution in [0.1, 0.15) is 31.4 Å². The molecule has 2 aromatic carbocycles. The van der Waals surface area contributed by atoms with Gasteiger partial charge in [-0.1, -0.05) is 43.6 Å². The molecule has 1 heterocycles. The van der Waals surface area contributed by atoms with Crippen LogP contribution in [0.2, 0.25) is 5.02 Å². The number of hydrogen-bond acceptors (Lipinski definition) is 2. The van der Waals surface area contributed by atoms with Gasteiger partial charge in [0.15, 0.2) is 0 Å². The maximum atomic E-state index is 12.7. The molecule has 0 aromatic heterocycles. The average molecular weight is 450 g/mol. The van der Waals surface area contributed by atoms with Crippen molar-refractivity contribution < 1.29 is 9.59 Å². The molecule has 0 radical (unpaired) electrons. The molecular weight excluding hydrogens is 428 g/mol. The van der Waals surface area contributed by atoms with E-state index in [0.29, 0.717) is 17.3 Å². The molecule has 0 spiro atoms. The van der Waals surface area contributed by atoms with Gasteiger partial charge in [0.05, 0.1) is 10.9 Å². The topological polar surface area (TPSA) is 49.4 Å². The van der Waals surface area contributed by atoms with Crippen LogP contribution in [0.25, 0.3) is 0 Å². The number of carbonyl (C=O) groups is 2. The van der Waals surface area contributed by atoms with Crippen LogP contribution in [0, 0.1) is 5.92 Å². The molecular formula is C21H22BrClN2O2. The van der Waals surface area contributed by atoms with Gasteiger partial charge in [-0.25, -0.2) is 0 Å². The standard InChI is InChI=1S/C21H22BrClN2O2/c1-3-13-6-5-7-14(4-2)20(13)25-12-15(10-19(25)26)21(27)24-16-8-9-17(22)18(23)11-16/h5-9,11,15H,3-4,10,12H2,1-2H3,(H,24,27)/t15-/m0/s1. The number of nitrogens with zero attached hydrogens (tertiary/aromatic N) is 1. The second-order valence-corrected chi connectivity index (χ2v) is 7.92. The van der Waals surface area contributed by atoms with Crippen molar-refractivity contribution in [2.24, 2.45) is 5.92 Å². The number of aryl methyl sites for hydroxylation is 2. The highest BCUT2D eigenvalue weighted by molar-refractivity contribution is 9.10. The Bertz CT molecular complexity index is 862. The Hall–Kier alpha value is -1.85. The number of rotatable bonds is 5. The summed E-state index contributed by atoms with van der Waals surface area (Å²) in [6.45, 7) is 4.57. The number of carbonyl (C=O) groups excluding carboxylic acids is 2. The Balaban J connectivity index is 1.79. The van der Waals surface area contributed by atoms with E-state index >= 15 is 0 Å². The van der Waals surface area contributed by atoms with E-state index < -0.39 is 0 Å². The third kappa shape index (κ3) is 4.19. The molecule has 1 fully saturated rings. The van der Waals surface area contributed by atoms with E-state index in [9.17, 15) is 9.59 Å². The predicted molar refractivity (Wildman–Crippen MR) is 113 cm³/mol. The van der Waals surface area contributed by atoms with Gasteiger partial charge in [-0.3, -0.25) is 9.59 Å². The summed E-state index contributed by atoms with van der Waals surface area (Å²) in [5, 5.41) is 3.41. The van der Waals surface area contributed by atoms with Crippen molar-refractivity contribution in [3.05, 3.63) is 57.0 Å². The highest BCUT2D eigenvalue weighted by atomic mass is 79.9. The summed E-state index contributed by atoms with van der Waals surface area (Å²) in [4.78, 5) is 27.2. The van der Waals surface area contributed by atoms with Gasteiger partial charge in [-0.2, -0.15) is 0 Å². The first-order chi connectivity index (χ1) is 12.9. The molecule has 27 heavy (non-hydrogen) atoms. The quantitative estimate of drug-likeness (QED) is 0.680. The predicted octanol–water partition coefficient (Wildman–Crippen LogP) is 5.22. The van der Waals surface area contributed by atoms with Gasteiger partial charge in [0.2, 0.25) is 11.8 Å². The van der Waals surface area contributed by atoms with Crippen molar-refractivity contribution in [2.45, 2.75) is 33.1 Å². The van der Waals surface area contributed by atoms with Gasteiger partial charge in [-0.05, 0) is 58.1 Å². The SMILES string of the molecule is CCc1cccc(CC)c1N1C[C@@H](C(=O)Nc2ccc(Br)c(Cl)c2)CC1=O. The Morgan fingerprint density at radius 3 is 2.48 bits per heavy atom. The van der Waals surface area contributed by atoms with Crippen LogP contribution in [0.4, 0.5) is 11.4 Å². The van der Waals surface area contributed by atoms with Crippen LogP contribution in [0.3, 0.4) is 0 Å². The van der Waals surface area contributed by atoms with E-state index in [2.05, 4.69) is 47.2 Å². The highest BCUT2D eigenvalue weighted by Gasteiger charge is 2.36. The Labute approximate surface area is 173 Å². The lowest BCUT2D eigenvalue weighted by Gasteiger charge is -2.23. The number of hydrogen-bond donors (Lipinski definition) is 1. The van der Waals surface area contributed by atoms with Crippen LogP contribution in [0.5, 0.6) is 0 Å². The second kappa shape index (κ2) is 8.44. The molecule has 3 rings (SSSR count). The first-order valence-electron chi connectivity index (χ1n) is 9.11. The fraction of sp³-hybridized carbons (Fsp3) is 0.333. The van der Waals surface area contributed by atoms with Gasteiger partial charge in [-0.15, -0.1) is 0 Å². The Kier molecular flexibility index (Phi) is 6.22. The molecule has 1 N–H and O–H groups in total. The van der Waals surface area contributed by atoms with Crippen molar-refractivity contribution in [3.8, 4) is 0 Å². The smallest absolute Gasteiger partial charge is 0.229 e. The normalized spacial score (nSPS) is 16.7. The molecule has 0 unspecified atom stereocenters. The first-order valence-corrected chi connectivity index (χ1v) is 10.3. The van der Waals surface area contributed by atoms with Gasteiger partial charge >= 0.3 is 0 Å². The number of anilines is 2. The zero-order valence-corrected chi connectivity index (χ0v) is 17.7. The number of amides is 2. The van der Waals surface area contributed by atoms with Crippen LogP contribution < -0.4 is 10.2 Å². The molecule has 2 amide bonds. The summed E-state index contributed by atoms with van der Waals surface area (Å²) in [6, 6.07) is 11.4. The zero-order chi connectivity index (χ0) is 19.6. The monoisotopic (exact) mass is 448 g/mol. The van der Waals surface area contributed by atoms with Gasteiger partial charge < -0.3 is 10.2 Å². The summed E-state index contributed by atoms with van der Waals surface area (Å²) in [6.07, 6.45) is 1.92. The van der Waals surface area contributed by atoms with Crippen molar-refractivity contribution in [1.29, 1.82) is 0 Å².